The first-order chi connectivity index (χ1) is 11.6. The molecule has 2 rings (SSSR count). The summed E-state index contributed by atoms with van der Waals surface area (Å²) in [7, 11) is 0. The van der Waals surface area contributed by atoms with Gasteiger partial charge in [-0.25, -0.2) is 0 Å². The van der Waals surface area contributed by atoms with E-state index in [2.05, 4.69) is 21.2 Å². The molecule has 0 heterocycles. The zero-order chi connectivity index (χ0) is 17.4. The quantitative estimate of drug-likeness (QED) is 0.791. The summed E-state index contributed by atoms with van der Waals surface area (Å²) in [6, 6.07) is 17.5. The average molecular weight is 389 g/mol. The molecule has 0 radical (unpaired) electrons. The zero-order valence-corrected chi connectivity index (χ0v) is 15.3. The molecule has 24 heavy (non-hydrogen) atoms. The predicted octanol–water partition coefficient (Wildman–Crippen LogP) is 3.16. The number of nitrogens with one attached hydrogen (secondary N) is 1. The van der Waals surface area contributed by atoms with Gasteiger partial charge in [-0.1, -0.05) is 64.5 Å². The first-order valence-electron chi connectivity index (χ1n) is 7.86. The highest BCUT2D eigenvalue weighted by Crippen LogP contribution is 2.16. The fourth-order valence-corrected chi connectivity index (χ4v) is 2.78. The number of rotatable bonds is 7. The number of hydrogen-bond donors (Lipinski definition) is 1. The molecular formula is C19H21BrN2O2. The van der Waals surface area contributed by atoms with Crippen LogP contribution in [-0.2, 0) is 22.6 Å². The summed E-state index contributed by atoms with van der Waals surface area (Å²) in [6.07, 6.45) is 0.320. The summed E-state index contributed by atoms with van der Waals surface area (Å²) >= 11 is 3.44. The highest BCUT2D eigenvalue weighted by atomic mass is 79.9. The Balaban J connectivity index is 1.81. The van der Waals surface area contributed by atoms with E-state index >= 15 is 0 Å². The van der Waals surface area contributed by atoms with Gasteiger partial charge >= 0.3 is 0 Å². The van der Waals surface area contributed by atoms with Crippen molar-refractivity contribution in [3.63, 3.8) is 0 Å². The van der Waals surface area contributed by atoms with E-state index in [0.29, 0.717) is 26.1 Å². The van der Waals surface area contributed by atoms with Crippen molar-refractivity contribution in [2.75, 3.05) is 13.1 Å². The fourth-order valence-electron chi connectivity index (χ4n) is 2.36. The third-order valence-corrected chi connectivity index (χ3v) is 4.45. The molecule has 0 spiro atoms. The van der Waals surface area contributed by atoms with E-state index in [1.54, 1.807) is 11.8 Å². The highest BCUT2D eigenvalue weighted by Gasteiger charge is 2.11. The number of halogens is 1. The van der Waals surface area contributed by atoms with Gasteiger partial charge in [-0.15, -0.1) is 0 Å². The standard InChI is InChI=1S/C19H21BrN2O2/c1-15(23)22(14-16-7-3-2-4-8-16)12-11-21-19(24)13-17-9-5-6-10-18(17)20/h2-10H,11-14H2,1H3,(H,21,24). The molecule has 4 nitrogen and oxygen atoms in total. The van der Waals surface area contributed by atoms with Crippen LogP contribution in [0.15, 0.2) is 59.1 Å². The van der Waals surface area contributed by atoms with Gasteiger partial charge in [0.05, 0.1) is 6.42 Å². The molecule has 0 aliphatic carbocycles. The minimum absolute atomic E-state index is 0.00101. The van der Waals surface area contributed by atoms with Crippen molar-refractivity contribution in [1.82, 2.24) is 10.2 Å². The van der Waals surface area contributed by atoms with Crippen molar-refractivity contribution < 1.29 is 9.59 Å². The highest BCUT2D eigenvalue weighted by molar-refractivity contribution is 9.10. The van der Waals surface area contributed by atoms with E-state index in [9.17, 15) is 9.59 Å². The van der Waals surface area contributed by atoms with Gasteiger partial charge in [0, 0.05) is 31.0 Å². The van der Waals surface area contributed by atoms with Crippen LogP contribution in [0.1, 0.15) is 18.1 Å². The summed E-state index contributed by atoms with van der Waals surface area (Å²) in [6.45, 7) is 3.03. The van der Waals surface area contributed by atoms with Gasteiger partial charge in [-0.2, -0.15) is 0 Å². The molecule has 0 aliphatic heterocycles. The minimum atomic E-state index is -0.0508. The number of benzene rings is 2. The number of hydrogen-bond acceptors (Lipinski definition) is 2. The number of amides is 2. The van der Waals surface area contributed by atoms with E-state index < -0.39 is 0 Å². The van der Waals surface area contributed by atoms with Gasteiger partial charge in [0.1, 0.15) is 0 Å². The minimum Gasteiger partial charge on any atom is -0.354 e. The molecule has 1 N–H and O–H groups in total. The van der Waals surface area contributed by atoms with E-state index in [-0.39, 0.29) is 11.8 Å². The van der Waals surface area contributed by atoms with Gasteiger partial charge in [0.2, 0.25) is 11.8 Å². The summed E-state index contributed by atoms with van der Waals surface area (Å²) in [5, 5.41) is 2.88. The number of carbonyl (C=O) groups is 2. The van der Waals surface area contributed by atoms with Crippen LogP contribution in [0.4, 0.5) is 0 Å². The Hall–Kier alpha value is -2.14. The molecule has 0 aromatic heterocycles. The largest absolute Gasteiger partial charge is 0.354 e. The average Bonchev–Trinajstić information content (AvgIpc) is 2.57. The van der Waals surface area contributed by atoms with Crippen LogP contribution in [0.5, 0.6) is 0 Å². The van der Waals surface area contributed by atoms with E-state index in [0.717, 1.165) is 15.6 Å². The lowest BCUT2D eigenvalue weighted by Crippen LogP contribution is -2.37. The summed E-state index contributed by atoms with van der Waals surface area (Å²) in [4.78, 5) is 25.5. The Morgan fingerprint density at radius 2 is 1.71 bits per heavy atom. The van der Waals surface area contributed by atoms with Crippen LogP contribution in [0.3, 0.4) is 0 Å². The van der Waals surface area contributed by atoms with E-state index in [1.165, 1.54) is 0 Å². The first-order valence-corrected chi connectivity index (χ1v) is 8.65. The second-order valence-electron chi connectivity index (χ2n) is 5.54. The topological polar surface area (TPSA) is 49.4 Å². The predicted molar refractivity (Wildman–Crippen MR) is 98.4 cm³/mol. The van der Waals surface area contributed by atoms with E-state index in [4.69, 9.17) is 0 Å². The molecule has 0 atom stereocenters. The van der Waals surface area contributed by atoms with Crippen molar-refractivity contribution in [3.8, 4) is 0 Å². The van der Waals surface area contributed by atoms with Crippen molar-refractivity contribution >= 4 is 27.7 Å². The lowest BCUT2D eigenvalue weighted by molar-refractivity contribution is -0.130. The monoisotopic (exact) mass is 388 g/mol. The Bertz CT molecular complexity index is 689. The molecule has 0 saturated heterocycles. The Labute approximate surface area is 151 Å². The summed E-state index contributed by atoms with van der Waals surface area (Å²) in [5.74, 6) is -0.0518. The van der Waals surface area contributed by atoms with Crippen LogP contribution in [0.2, 0.25) is 0 Å². The first kappa shape index (κ1) is 18.2. The molecule has 0 aliphatic rings. The van der Waals surface area contributed by atoms with Crippen molar-refractivity contribution in [2.24, 2.45) is 0 Å². The maximum absolute atomic E-state index is 12.0. The van der Waals surface area contributed by atoms with Crippen LogP contribution in [0.25, 0.3) is 0 Å². The molecule has 126 valence electrons. The maximum atomic E-state index is 12.0. The lowest BCUT2D eigenvalue weighted by atomic mass is 10.1. The van der Waals surface area contributed by atoms with Gasteiger partial charge in [0.15, 0.2) is 0 Å². The smallest absolute Gasteiger partial charge is 0.224 e. The molecule has 0 fully saturated rings. The Morgan fingerprint density at radius 3 is 2.38 bits per heavy atom. The number of carbonyl (C=O) groups excluding carboxylic acids is 2. The van der Waals surface area contributed by atoms with Crippen LogP contribution < -0.4 is 5.32 Å². The molecule has 2 amide bonds. The number of nitrogens with zero attached hydrogens (tertiary/aromatic N) is 1. The molecule has 0 bridgehead atoms. The Morgan fingerprint density at radius 1 is 1.04 bits per heavy atom. The van der Waals surface area contributed by atoms with Crippen molar-refractivity contribution in [3.05, 3.63) is 70.2 Å². The summed E-state index contributed by atoms with van der Waals surface area (Å²) < 4.78 is 0.926. The van der Waals surface area contributed by atoms with Gasteiger partial charge in [-0.3, -0.25) is 9.59 Å². The fraction of sp³-hybridized carbons (Fsp3) is 0.263. The molecule has 2 aromatic carbocycles. The third kappa shape index (κ3) is 5.81. The zero-order valence-electron chi connectivity index (χ0n) is 13.7. The van der Waals surface area contributed by atoms with Gasteiger partial charge < -0.3 is 10.2 Å². The van der Waals surface area contributed by atoms with Crippen molar-refractivity contribution in [1.29, 1.82) is 0 Å². The molecule has 0 saturated carbocycles. The third-order valence-electron chi connectivity index (χ3n) is 3.67. The molecule has 5 heteroatoms. The van der Waals surface area contributed by atoms with Crippen LogP contribution >= 0.6 is 15.9 Å². The molecule has 2 aromatic rings. The lowest BCUT2D eigenvalue weighted by Gasteiger charge is -2.21. The normalized spacial score (nSPS) is 10.2. The van der Waals surface area contributed by atoms with Crippen molar-refractivity contribution in [2.45, 2.75) is 19.9 Å². The Kier molecular flexibility index (Phi) is 7.00. The van der Waals surface area contributed by atoms with E-state index in [1.807, 2.05) is 54.6 Å². The summed E-state index contributed by atoms with van der Waals surface area (Å²) in [5.41, 5.74) is 2.02. The SMILES string of the molecule is CC(=O)N(CCNC(=O)Cc1ccccc1Br)Cc1ccccc1. The second kappa shape index (κ2) is 9.23. The maximum Gasteiger partial charge on any atom is 0.224 e. The van der Waals surface area contributed by atoms with Crippen LogP contribution in [-0.4, -0.2) is 29.8 Å². The molecular weight excluding hydrogens is 368 g/mol. The van der Waals surface area contributed by atoms with Crippen LogP contribution in [0, 0.1) is 0 Å². The van der Waals surface area contributed by atoms with Gasteiger partial charge in [0.25, 0.3) is 0 Å². The molecule has 0 unspecified atom stereocenters. The van der Waals surface area contributed by atoms with Gasteiger partial charge in [-0.05, 0) is 17.2 Å². The second-order valence-corrected chi connectivity index (χ2v) is 6.40.